The van der Waals surface area contributed by atoms with Crippen molar-refractivity contribution < 1.29 is 0 Å². The number of pyridine rings is 1. The van der Waals surface area contributed by atoms with E-state index in [1.807, 2.05) is 12.3 Å². The number of rotatable bonds is 5. The molecule has 0 saturated heterocycles. The second-order valence-electron chi connectivity index (χ2n) is 3.91. The molecule has 82 valence electrons. The molecule has 0 radical (unpaired) electrons. The fourth-order valence-corrected chi connectivity index (χ4v) is 1.68. The molecule has 3 heteroatoms. The molecule has 1 unspecified atom stereocenters. The Hall–Kier alpha value is -0.670. The predicted molar refractivity (Wildman–Crippen MR) is 67.9 cm³/mol. The quantitative estimate of drug-likeness (QED) is 0.887. The molecule has 0 fully saturated rings. The third kappa shape index (κ3) is 4.14. The Balaban J connectivity index is 2.70. The van der Waals surface area contributed by atoms with Gasteiger partial charge < -0.3 is 5.32 Å². The molecular formula is C12H17BrN2. The van der Waals surface area contributed by atoms with Crippen LogP contribution in [-0.4, -0.2) is 11.5 Å². The first-order chi connectivity index (χ1) is 7.11. The number of hydrogen-bond donors (Lipinski definition) is 1. The molecular weight excluding hydrogens is 252 g/mol. The lowest BCUT2D eigenvalue weighted by atomic mass is 9.97. The molecule has 1 aromatic heterocycles. The van der Waals surface area contributed by atoms with Gasteiger partial charge in [-0.1, -0.05) is 42.4 Å². The van der Waals surface area contributed by atoms with Crippen molar-refractivity contribution in [3.05, 3.63) is 41.2 Å². The van der Waals surface area contributed by atoms with Crippen LogP contribution in [0.4, 0.5) is 0 Å². The Labute approximate surface area is 99.9 Å². The Morgan fingerprint density at radius 2 is 2.33 bits per heavy atom. The standard InChI is InChI=1S/C12H17BrN2/c1-9(2)12(15-7-10(3)13)11-5-4-6-14-8-11/h4-6,8-9,12,15H,3,7H2,1-2H3. The van der Waals surface area contributed by atoms with Gasteiger partial charge in [0.2, 0.25) is 0 Å². The van der Waals surface area contributed by atoms with Gasteiger partial charge in [-0.15, -0.1) is 0 Å². The number of halogens is 1. The average Bonchev–Trinajstić information content (AvgIpc) is 2.18. The molecule has 0 aliphatic carbocycles. The van der Waals surface area contributed by atoms with Crippen LogP contribution in [0.2, 0.25) is 0 Å². The van der Waals surface area contributed by atoms with Gasteiger partial charge in [-0.25, -0.2) is 0 Å². The molecule has 1 atom stereocenters. The van der Waals surface area contributed by atoms with Crippen molar-refractivity contribution in [2.75, 3.05) is 6.54 Å². The fraction of sp³-hybridized carbons (Fsp3) is 0.417. The van der Waals surface area contributed by atoms with Gasteiger partial charge in [0, 0.05) is 29.5 Å². The Bertz CT molecular complexity index is 309. The third-order valence-electron chi connectivity index (χ3n) is 2.22. The minimum absolute atomic E-state index is 0.327. The van der Waals surface area contributed by atoms with Gasteiger partial charge in [0.05, 0.1) is 0 Å². The molecule has 0 saturated carbocycles. The minimum atomic E-state index is 0.327. The first-order valence-corrected chi connectivity index (χ1v) is 5.87. The lowest BCUT2D eigenvalue weighted by Gasteiger charge is -2.22. The maximum Gasteiger partial charge on any atom is 0.0361 e. The molecule has 1 aromatic rings. The summed E-state index contributed by atoms with van der Waals surface area (Å²) >= 11 is 3.35. The SMILES string of the molecule is C=C(Br)CNC(c1cccnc1)C(C)C. The summed E-state index contributed by atoms with van der Waals surface area (Å²) in [6.07, 6.45) is 3.71. The van der Waals surface area contributed by atoms with Gasteiger partial charge in [-0.05, 0) is 17.5 Å². The van der Waals surface area contributed by atoms with Gasteiger partial charge in [-0.2, -0.15) is 0 Å². The van der Waals surface area contributed by atoms with E-state index < -0.39 is 0 Å². The largest absolute Gasteiger partial charge is 0.305 e. The zero-order valence-corrected chi connectivity index (χ0v) is 10.8. The summed E-state index contributed by atoms with van der Waals surface area (Å²) in [4.78, 5) is 4.14. The van der Waals surface area contributed by atoms with Gasteiger partial charge in [0.15, 0.2) is 0 Å². The number of nitrogens with zero attached hydrogens (tertiary/aromatic N) is 1. The molecule has 0 amide bonds. The molecule has 1 N–H and O–H groups in total. The lowest BCUT2D eigenvalue weighted by molar-refractivity contribution is 0.427. The number of aromatic nitrogens is 1. The molecule has 0 aliphatic rings. The van der Waals surface area contributed by atoms with E-state index >= 15 is 0 Å². The summed E-state index contributed by atoms with van der Waals surface area (Å²) in [5, 5.41) is 3.45. The molecule has 1 rings (SSSR count). The van der Waals surface area contributed by atoms with Gasteiger partial charge >= 0.3 is 0 Å². The molecule has 2 nitrogen and oxygen atoms in total. The lowest BCUT2D eigenvalue weighted by Crippen LogP contribution is -2.26. The highest BCUT2D eigenvalue weighted by Crippen LogP contribution is 2.20. The third-order valence-corrected chi connectivity index (χ3v) is 2.50. The highest BCUT2D eigenvalue weighted by molar-refractivity contribution is 9.11. The van der Waals surface area contributed by atoms with Crippen molar-refractivity contribution in [1.82, 2.24) is 10.3 Å². The summed E-state index contributed by atoms with van der Waals surface area (Å²) < 4.78 is 0.969. The summed E-state index contributed by atoms with van der Waals surface area (Å²) in [7, 11) is 0. The van der Waals surface area contributed by atoms with E-state index in [0.29, 0.717) is 12.0 Å². The monoisotopic (exact) mass is 268 g/mol. The number of hydrogen-bond acceptors (Lipinski definition) is 2. The fourth-order valence-electron chi connectivity index (χ4n) is 1.52. The first kappa shape index (κ1) is 12.4. The van der Waals surface area contributed by atoms with E-state index in [1.54, 1.807) is 6.20 Å². The average molecular weight is 269 g/mol. The molecule has 15 heavy (non-hydrogen) atoms. The van der Waals surface area contributed by atoms with Crippen molar-refractivity contribution in [3.63, 3.8) is 0 Å². The van der Waals surface area contributed by atoms with E-state index in [2.05, 4.69) is 52.7 Å². The van der Waals surface area contributed by atoms with Crippen LogP contribution in [0.5, 0.6) is 0 Å². The van der Waals surface area contributed by atoms with E-state index in [0.717, 1.165) is 11.0 Å². The Morgan fingerprint density at radius 1 is 1.60 bits per heavy atom. The van der Waals surface area contributed by atoms with Crippen molar-refractivity contribution in [2.24, 2.45) is 5.92 Å². The normalized spacial score (nSPS) is 12.8. The molecule has 1 heterocycles. The second-order valence-corrected chi connectivity index (χ2v) is 5.03. The van der Waals surface area contributed by atoms with E-state index in [1.165, 1.54) is 5.56 Å². The van der Waals surface area contributed by atoms with Crippen LogP contribution in [0.3, 0.4) is 0 Å². The minimum Gasteiger partial charge on any atom is -0.305 e. The maximum atomic E-state index is 4.14. The van der Waals surface area contributed by atoms with E-state index in [4.69, 9.17) is 0 Å². The summed E-state index contributed by atoms with van der Waals surface area (Å²) in [6, 6.07) is 4.39. The van der Waals surface area contributed by atoms with Crippen molar-refractivity contribution >= 4 is 15.9 Å². The van der Waals surface area contributed by atoms with Crippen molar-refractivity contribution in [3.8, 4) is 0 Å². The van der Waals surface area contributed by atoms with E-state index in [9.17, 15) is 0 Å². The molecule has 0 aromatic carbocycles. The van der Waals surface area contributed by atoms with Crippen molar-refractivity contribution in [1.29, 1.82) is 0 Å². The molecule has 0 spiro atoms. The van der Waals surface area contributed by atoms with Crippen LogP contribution in [0.15, 0.2) is 35.6 Å². The first-order valence-electron chi connectivity index (χ1n) is 5.08. The smallest absolute Gasteiger partial charge is 0.0361 e. The van der Waals surface area contributed by atoms with Gasteiger partial charge in [-0.3, -0.25) is 4.98 Å². The summed E-state index contributed by atoms with van der Waals surface area (Å²) in [5.41, 5.74) is 1.22. The highest BCUT2D eigenvalue weighted by atomic mass is 79.9. The maximum absolute atomic E-state index is 4.14. The summed E-state index contributed by atoms with van der Waals surface area (Å²) in [6.45, 7) is 8.99. The highest BCUT2D eigenvalue weighted by Gasteiger charge is 2.14. The summed E-state index contributed by atoms with van der Waals surface area (Å²) in [5.74, 6) is 0.529. The topological polar surface area (TPSA) is 24.9 Å². The molecule has 0 bridgehead atoms. The zero-order chi connectivity index (χ0) is 11.3. The van der Waals surface area contributed by atoms with Crippen LogP contribution < -0.4 is 5.32 Å². The Morgan fingerprint density at radius 3 is 2.80 bits per heavy atom. The van der Waals surface area contributed by atoms with Crippen LogP contribution >= 0.6 is 15.9 Å². The van der Waals surface area contributed by atoms with Crippen LogP contribution in [0, 0.1) is 5.92 Å². The predicted octanol–water partition coefficient (Wildman–Crippen LogP) is 3.28. The zero-order valence-electron chi connectivity index (χ0n) is 9.20. The second kappa shape index (κ2) is 6.03. The van der Waals surface area contributed by atoms with Gasteiger partial charge in [0.1, 0.15) is 0 Å². The van der Waals surface area contributed by atoms with Crippen LogP contribution in [0.25, 0.3) is 0 Å². The van der Waals surface area contributed by atoms with E-state index in [-0.39, 0.29) is 0 Å². The van der Waals surface area contributed by atoms with Crippen LogP contribution in [0.1, 0.15) is 25.5 Å². The van der Waals surface area contributed by atoms with Crippen molar-refractivity contribution in [2.45, 2.75) is 19.9 Å². The van der Waals surface area contributed by atoms with Gasteiger partial charge in [0.25, 0.3) is 0 Å². The van der Waals surface area contributed by atoms with Crippen LogP contribution in [-0.2, 0) is 0 Å². The molecule has 0 aliphatic heterocycles. The number of nitrogens with one attached hydrogen (secondary N) is 1. The Kier molecular flexibility index (Phi) is 4.99.